The molecular formula is C88H172O17P2. The second-order valence-electron chi connectivity index (χ2n) is 31.6. The van der Waals surface area contributed by atoms with Crippen molar-refractivity contribution in [1.29, 1.82) is 0 Å². The Kier molecular flexibility index (Phi) is 80.6. The Labute approximate surface area is 658 Å². The summed E-state index contributed by atoms with van der Waals surface area (Å²) >= 11 is 0. The van der Waals surface area contributed by atoms with Crippen molar-refractivity contribution in [1.82, 2.24) is 0 Å². The molecule has 17 nitrogen and oxygen atoms in total. The molecular weight excluding hydrogens is 1390 g/mol. The van der Waals surface area contributed by atoms with Crippen molar-refractivity contribution in [3.05, 3.63) is 0 Å². The highest BCUT2D eigenvalue weighted by atomic mass is 31.2. The SMILES string of the molecule is CCCCCCCCCCCCCCCCCCCCCCCCC(=O)O[C@H](COC(=O)CCCCCCCCCCCCCCCCCCCCC)COP(=O)(O)OC[C@@H](O)COP(=O)(O)OC[C@@H](COC(=O)CCCCCCCCCCCCC)OC(=O)CCCCCCCCCCCCCCCCC. The van der Waals surface area contributed by atoms with Gasteiger partial charge in [0.2, 0.25) is 0 Å². The fraction of sp³-hybridized carbons (Fsp3) is 0.955. The lowest BCUT2D eigenvalue weighted by Crippen LogP contribution is -2.30. The quantitative estimate of drug-likeness (QED) is 0.0222. The molecule has 0 radical (unpaired) electrons. The lowest BCUT2D eigenvalue weighted by Gasteiger charge is -2.21. The van der Waals surface area contributed by atoms with Crippen LogP contribution in [0.15, 0.2) is 0 Å². The molecule has 19 heteroatoms. The van der Waals surface area contributed by atoms with E-state index in [1.807, 2.05) is 0 Å². The van der Waals surface area contributed by atoms with Gasteiger partial charge in [-0.15, -0.1) is 0 Å². The van der Waals surface area contributed by atoms with Gasteiger partial charge in [-0.1, -0.05) is 432 Å². The third-order valence-electron chi connectivity index (χ3n) is 20.9. The largest absolute Gasteiger partial charge is 0.472 e. The standard InChI is InChI=1S/C88H172O17P2/c1-5-9-13-17-21-25-29-32-35-37-39-40-41-43-45-48-51-55-59-63-67-71-75-88(93)105-84(79-99-86(91)73-69-65-61-57-53-49-47-44-42-38-36-33-30-26-22-18-14-10-6-2)81-103-107(96,97)101-77-82(89)76-100-106(94,95)102-80-83(78-98-85(90)72-68-64-60-56-52-28-24-20-16-12-8-4)104-87(92)74-70-66-62-58-54-50-46-34-31-27-23-19-15-11-7-3/h82-84,89H,5-81H2,1-4H3,(H,94,95)(H,96,97)/t82-,83+,84+/m0/s1. The smallest absolute Gasteiger partial charge is 0.462 e. The Balaban J connectivity index is 5.22. The summed E-state index contributed by atoms with van der Waals surface area (Å²) in [6, 6.07) is 0. The number of ether oxygens (including phenoxy) is 4. The van der Waals surface area contributed by atoms with E-state index in [2.05, 4.69) is 27.7 Å². The first-order valence-corrected chi connectivity index (χ1v) is 48.8. The highest BCUT2D eigenvalue weighted by Crippen LogP contribution is 2.45. The van der Waals surface area contributed by atoms with Gasteiger partial charge in [0.15, 0.2) is 12.2 Å². The van der Waals surface area contributed by atoms with Gasteiger partial charge < -0.3 is 33.8 Å². The van der Waals surface area contributed by atoms with Gasteiger partial charge in [0.25, 0.3) is 0 Å². The van der Waals surface area contributed by atoms with Crippen molar-refractivity contribution < 1.29 is 80.2 Å². The predicted molar refractivity (Wildman–Crippen MR) is 442 cm³/mol. The molecule has 0 amide bonds. The van der Waals surface area contributed by atoms with E-state index in [-0.39, 0.29) is 25.7 Å². The molecule has 0 bridgehead atoms. The summed E-state index contributed by atoms with van der Waals surface area (Å²) in [6.07, 6.45) is 77.8. The Hall–Kier alpha value is -1.94. The number of aliphatic hydroxyl groups is 1. The number of hydrogen-bond donors (Lipinski definition) is 3. The molecule has 2 unspecified atom stereocenters. The summed E-state index contributed by atoms with van der Waals surface area (Å²) < 4.78 is 69.0. The van der Waals surface area contributed by atoms with E-state index >= 15 is 0 Å². The molecule has 5 atom stereocenters. The highest BCUT2D eigenvalue weighted by molar-refractivity contribution is 7.47. The minimum absolute atomic E-state index is 0.109. The number of esters is 4. The molecule has 0 aromatic rings. The number of unbranched alkanes of at least 4 members (excludes halogenated alkanes) is 63. The number of phosphoric acid groups is 2. The van der Waals surface area contributed by atoms with Crippen LogP contribution >= 0.6 is 15.6 Å². The molecule has 0 aromatic heterocycles. The van der Waals surface area contributed by atoms with E-state index in [4.69, 9.17) is 37.0 Å². The van der Waals surface area contributed by atoms with Gasteiger partial charge in [0.1, 0.15) is 19.3 Å². The molecule has 0 heterocycles. The van der Waals surface area contributed by atoms with Crippen molar-refractivity contribution in [2.45, 2.75) is 502 Å². The van der Waals surface area contributed by atoms with E-state index < -0.39 is 97.5 Å². The Morgan fingerprint density at radius 1 is 0.224 bits per heavy atom. The lowest BCUT2D eigenvalue weighted by atomic mass is 10.0. The number of carbonyl (C=O) groups excluding carboxylic acids is 4. The molecule has 0 aliphatic rings. The van der Waals surface area contributed by atoms with Crippen LogP contribution in [0.5, 0.6) is 0 Å². The molecule has 0 spiro atoms. The zero-order valence-corrected chi connectivity index (χ0v) is 71.9. The fourth-order valence-corrected chi connectivity index (χ4v) is 15.5. The summed E-state index contributed by atoms with van der Waals surface area (Å²) in [7, 11) is -9.93. The summed E-state index contributed by atoms with van der Waals surface area (Å²) in [4.78, 5) is 73.3. The van der Waals surface area contributed by atoms with Gasteiger partial charge in [0.05, 0.1) is 26.4 Å². The zero-order valence-electron chi connectivity index (χ0n) is 70.1. The molecule has 0 aromatic carbocycles. The molecule has 0 saturated carbocycles. The second kappa shape index (κ2) is 82.1. The van der Waals surface area contributed by atoms with Gasteiger partial charge in [-0.25, -0.2) is 9.13 Å². The lowest BCUT2D eigenvalue weighted by molar-refractivity contribution is -0.161. The minimum atomic E-state index is -4.97. The van der Waals surface area contributed by atoms with E-state index in [1.165, 1.54) is 315 Å². The van der Waals surface area contributed by atoms with Crippen LogP contribution in [0.2, 0.25) is 0 Å². The first-order valence-electron chi connectivity index (χ1n) is 45.8. The molecule has 0 fully saturated rings. The molecule has 0 saturated heterocycles. The van der Waals surface area contributed by atoms with Crippen molar-refractivity contribution >= 4 is 39.5 Å². The molecule has 107 heavy (non-hydrogen) atoms. The number of carbonyl (C=O) groups is 4. The summed E-state index contributed by atoms with van der Waals surface area (Å²) in [5.41, 5.74) is 0. The molecule has 0 aliphatic carbocycles. The van der Waals surface area contributed by atoms with Gasteiger partial charge in [-0.05, 0) is 25.7 Å². The average Bonchev–Trinajstić information content (AvgIpc) is 0.901. The van der Waals surface area contributed by atoms with Crippen LogP contribution in [0.25, 0.3) is 0 Å². The predicted octanol–water partition coefficient (Wildman–Crippen LogP) is 27.3. The van der Waals surface area contributed by atoms with E-state index in [9.17, 15) is 43.2 Å². The zero-order chi connectivity index (χ0) is 78.1. The number of hydrogen-bond acceptors (Lipinski definition) is 15. The van der Waals surface area contributed by atoms with Crippen molar-refractivity contribution in [3.8, 4) is 0 Å². The van der Waals surface area contributed by atoms with Crippen LogP contribution in [0.4, 0.5) is 0 Å². The van der Waals surface area contributed by atoms with Crippen LogP contribution in [0.1, 0.15) is 484 Å². The summed E-state index contributed by atoms with van der Waals surface area (Å²) in [6.45, 7) is 5.07. The Morgan fingerprint density at radius 3 is 0.551 bits per heavy atom. The van der Waals surface area contributed by atoms with Crippen LogP contribution in [-0.2, 0) is 65.4 Å². The number of rotatable bonds is 89. The van der Waals surface area contributed by atoms with Gasteiger partial charge in [0, 0.05) is 25.7 Å². The van der Waals surface area contributed by atoms with E-state index in [1.54, 1.807) is 0 Å². The maximum Gasteiger partial charge on any atom is 0.472 e. The third kappa shape index (κ3) is 81.9. The van der Waals surface area contributed by atoms with Crippen molar-refractivity contribution in [3.63, 3.8) is 0 Å². The highest BCUT2D eigenvalue weighted by Gasteiger charge is 2.30. The summed E-state index contributed by atoms with van der Waals surface area (Å²) in [5.74, 6) is -2.09. The molecule has 3 N–H and O–H groups in total. The van der Waals surface area contributed by atoms with Crippen LogP contribution in [0.3, 0.4) is 0 Å². The number of aliphatic hydroxyl groups excluding tert-OH is 1. The molecule has 636 valence electrons. The van der Waals surface area contributed by atoms with Crippen LogP contribution < -0.4 is 0 Å². The third-order valence-corrected chi connectivity index (χ3v) is 22.8. The van der Waals surface area contributed by atoms with Crippen molar-refractivity contribution in [2.24, 2.45) is 0 Å². The van der Waals surface area contributed by atoms with Gasteiger partial charge >= 0.3 is 39.5 Å². The topological polar surface area (TPSA) is 237 Å². The minimum Gasteiger partial charge on any atom is -0.462 e. The van der Waals surface area contributed by atoms with E-state index in [0.717, 1.165) is 89.9 Å². The molecule has 0 rings (SSSR count). The monoisotopic (exact) mass is 1560 g/mol. The van der Waals surface area contributed by atoms with Gasteiger partial charge in [-0.2, -0.15) is 0 Å². The van der Waals surface area contributed by atoms with Crippen LogP contribution in [-0.4, -0.2) is 96.7 Å². The fourth-order valence-electron chi connectivity index (χ4n) is 13.9. The first kappa shape index (κ1) is 105. The maximum absolute atomic E-state index is 13.2. The normalized spacial score (nSPS) is 13.7. The molecule has 0 aliphatic heterocycles. The Bertz CT molecular complexity index is 2020. The van der Waals surface area contributed by atoms with Crippen LogP contribution in [0, 0.1) is 0 Å². The number of phosphoric ester groups is 2. The average molecular weight is 1560 g/mol. The Morgan fingerprint density at radius 2 is 0.374 bits per heavy atom. The summed E-state index contributed by atoms with van der Waals surface area (Å²) in [5, 5.41) is 10.7. The maximum atomic E-state index is 13.2. The first-order chi connectivity index (χ1) is 52.2. The second-order valence-corrected chi connectivity index (χ2v) is 34.5. The van der Waals surface area contributed by atoms with Crippen molar-refractivity contribution in [2.75, 3.05) is 39.6 Å². The van der Waals surface area contributed by atoms with Gasteiger partial charge in [-0.3, -0.25) is 37.3 Å². The van der Waals surface area contributed by atoms with E-state index in [0.29, 0.717) is 25.7 Å².